The standard InChI is InChI=1S/C60H48O8/c1-37-45-27-17-28-46(31-45)38(2)51-34-52(56(68-60(64)44-25-15-8-16-26-44)36-55(51)67-59(63)43-23-13-7-14-24-43)40(4)48-30-18-29-47(32-48)39(3)50-33-49(37)53(65-57(61)41-19-9-5-10-20-41)35-54(50)66-58(62)42-21-11-6-12-22-42/h5-40H,1-4H3. The number of benzene rings is 8. The Morgan fingerprint density at radius 3 is 0.721 bits per heavy atom. The highest BCUT2D eigenvalue weighted by molar-refractivity contribution is 5.94. The van der Waals surface area contributed by atoms with Crippen LogP contribution in [0, 0.1) is 0 Å². The maximum Gasteiger partial charge on any atom is 0.343 e. The Morgan fingerprint density at radius 1 is 0.279 bits per heavy atom. The smallest absolute Gasteiger partial charge is 0.343 e. The van der Waals surface area contributed by atoms with Crippen LogP contribution in [0.3, 0.4) is 0 Å². The predicted molar refractivity (Wildman–Crippen MR) is 261 cm³/mol. The Kier molecular flexibility index (Phi) is 12.9. The molecule has 1 aliphatic carbocycles. The van der Waals surface area contributed by atoms with Gasteiger partial charge in [-0.3, -0.25) is 0 Å². The minimum absolute atomic E-state index is 0.250. The molecule has 9 rings (SSSR count). The van der Waals surface area contributed by atoms with Crippen molar-refractivity contribution in [2.24, 2.45) is 0 Å². The summed E-state index contributed by atoms with van der Waals surface area (Å²) in [5.74, 6) is -2.63. The molecule has 4 atom stereocenters. The molecule has 0 aromatic heterocycles. The molecule has 0 aliphatic heterocycles. The van der Waals surface area contributed by atoms with Crippen molar-refractivity contribution in [2.75, 3.05) is 0 Å². The van der Waals surface area contributed by atoms with Crippen LogP contribution < -0.4 is 18.9 Å². The van der Waals surface area contributed by atoms with Gasteiger partial charge in [-0.25, -0.2) is 19.2 Å². The van der Waals surface area contributed by atoms with Crippen LogP contribution in [0.25, 0.3) is 0 Å². The molecule has 8 bridgehead atoms. The Balaban J connectivity index is 1.24. The van der Waals surface area contributed by atoms with E-state index in [1.807, 2.05) is 72.8 Å². The second kappa shape index (κ2) is 19.6. The Morgan fingerprint density at radius 2 is 0.500 bits per heavy atom. The highest BCUT2D eigenvalue weighted by atomic mass is 16.6. The Bertz CT molecular complexity index is 2740. The number of hydrogen-bond donors (Lipinski definition) is 0. The average Bonchev–Trinajstić information content (AvgIpc) is 3.38. The number of carbonyl (C=O) groups excluding carboxylic acids is 4. The van der Waals surface area contributed by atoms with E-state index in [0.717, 1.165) is 22.3 Å². The van der Waals surface area contributed by atoms with Crippen molar-refractivity contribution in [1.29, 1.82) is 0 Å². The molecule has 8 heteroatoms. The highest BCUT2D eigenvalue weighted by Gasteiger charge is 2.29. The quantitative estimate of drug-likeness (QED) is 0.110. The van der Waals surface area contributed by atoms with Crippen LogP contribution in [0.2, 0.25) is 0 Å². The number of hydrogen-bond acceptors (Lipinski definition) is 8. The second-order valence-electron chi connectivity index (χ2n) is 17.1. The maximum absolute atomic E-state index is 13.9. The molecule has 68 heavy (non-hydrogen) atoms. The molecule has 0 radical (unpaired) electrons. The lowest BCUT2D eigenvalue weighted by Crippen LogP contribution is -2.16. The minimum Gasteiger partial charge on any atom is -0.422 e. The molecule has 0 amide bonds. The molecule has 0 spiro atoms. The number of esters is 4. The van der Waals surface area contributed by atoms with E-state index in [2.05, 4.69) is 39.8 Å². The van der Waals surface area contributed by atoms with E-state index in [-0.39, 0.29) is 46.7 Å². The van der Waals surface area contributed by atoms with Crippen LogP contribution in [0.15, 0.2) is 194 Å². The summed E-state index contributed by atoms with van der Waals surface area (Å²) >= 11 is 0. The fourth-order valence-electron chi connectivity index (χ4n) is 8.74. The molecular weight excluding hydrogens is 849 g/mol. The van der Waals surface area contributed by atoms with Gasteiger partial charge in [0.25, 0.3) is 0 Å². The van der Waals surface area contributed by atoms with Crippen molar-refractivity contribution in [3.8, 4) is 23.0 Å². The van der Waals surface area contributed by atoms with Crippen LogP contribution in [0.1, 0.15) is 137 Å². The third-order valence-corrected chi connectivity index (χ3v) is 12.8. The summed E-state index contributed by atoms with van der Waals surface area (Å²) in [6.45, 7) is 8.20. The van der Waals surface area contributed by atoms with E-state index in [1.54, 1.807) is 109 Å². The summed E-state index contributed by atoms with van der Waals surface area (Å²) in [5, 5.41) is 0. The zero-order valence-electron chi connectivity index (χ0n) is 38.1. The zero-order valence-corrected chi connectivity index (χ0v) is 38.1. The first-order valence-corrected chi connectivity index (χ1v) is 22.7. The Hall–Kier alpha value is -8.36. The monoisotopic (exact) mass is 896 g/mol. The van der Waals surface area contributed by atoms with Crippen molar-refractivity contribution in [1.82, 2.24) is 0 Å². The normalized spacial score (nSPS) is 16.2. The summed E-state index contributed by atoms with van der Waals surface area (Å²) in [6, 6.07) is 58.6. The molecular formula is C60H48O8. The first-order chi connectivity index (χ1) is 33.0. The second-order valence-corrected chi connectivity index (χ2v) is 17.1. The van der Waals surface area contributed by atoms with Crippen LogP contribution in [-0.2, 0) is 0 Å². The molecule has 0 saturated heterocycles. The largest absolute Gasteiger partial charge is 0.422 e. The fraction of sp³-hybridized carbons (Fsp3) is 0.133. The van der Waals surface area contributed by atoms with Crippen LogP contribution >= 0.6 is 0 Å². The van der Waals surface area contributed by atoms with Crippen molar-refractivity contribution < 1.29 is 38.1 Å². The van der Waals surface area contributed by atoms with E-state index in [4.69, 9.17) is 18.9 Å². The van der Waals surface area contributed by atoms with Gasteiger partial charge < -0.3 is 18.9 Å². The summed E-state index contributed by atoms with van der Waals surface area (Å²) in [6.07, 6.45) is 0. The number of rotatable bonds is 8. The van der Waals surface area contributed by atoms with Crippen molar-refractivity contribution >= 4 is 23.9 Å². The van der Waals surface area contributed by atoms with Gasteiger partial charge in [0.05, 0.1) is 22.3 Å². The molecule has 8 aromatic rings. The Labute approximate surface area is 395 Å². The molecule has 1 aliphatic rings. The van der Waals surface area contributed by atoms with Gasteiger partial charge in [-0.05, 0) is 82.9 Å². The van der Waals surface area contributed by atoms with Crippen LogP contribution in [0.5, 0.6) is 23.0 Å². The lowest BCUT2D eigenvalue weighted by atomic mass is 9.81. The van der Waals surface area contributed by atoms with Gasteiger partial charge in [-0.2, -0.15) is 0 Å². The fourth-order valence-corrected chi connectivity index (χ4v) is 8.74. The number of fused-ring (bicyclic) bond motifs is 8. The summed E-state index contributed by atoms with van der Waals surface area (Å²) in [4.78, 5) is 55.4. The summed E-state index contributed by atoms with van der Waals surface area (Å²) in [5.41, 5.74) is 7.97. The molecule has 0 N–H and O–H groups in total. The zero-order chi connectivity index (χ0) is 47.3. The third-order valence-electron chi connectivity index (χ3n) is 12.8. The van der Waals surface area contributed by atoms with Crippen LogP contribution in [-0.4, -0.2) is 23.9 Å². The first-order valence-electron chi connectivity index (χ1n) is 22.7. The van der Waals surface area contributed by atoms with Gasteiger partial charge in [0.2, 0.25) is 0 Å². The van der Waals surface area contributed by atoms with E-state index in [1.165, 1.54) is 0 Å². The van der Waals surface area contributed by atoms with Gasteiger partial charge in [0.15, 0.2) is 0 Å². The number of carbonyl (C=O) groups is 4. The maximum atomic E-state index is 13.9. The summed E-state index contributed by atoms with van der Waals surface area (Å²) in [7, 11) is 0. The molecule has 8 aromatic carbocycles. The van der Waals surface area contributed by atoms with Gasteiger partial charge in [0.1, 0.15) is 23.0 Å². The lowest BCUT2D eigenvalue weighted by Gasteiger charge is -2.26. The number of ether oxygens (including phenoxy) is 4. The van der Waals surface area contributed by atoms with Crippen molar-refractivity contribution in [2.45, 2.75) is 51.4 Å². The van der Waals surface area contributed by atoms with E-state index < -0.39 is 23.9 Å². The molecule has 0 saturated carbocycles. The predicted octanol–water partition coefficient (Wildman–Crippen LogP) is 13.5. The topological polar surface area (TPSA) is 105 Å². The third kappa shape index (κ3) is 9.48. The van der Waals surface area contributed by atoms with E-state index in [9.17, 15) is 19.2 Å². The van der Waals surface area contributed by atoms with Gasteiger partial charge >= 0.3 is 23.9 Å². The lowest BCUT2D eigenvalue weighted by molar-refractivity contribution is 0.0711. The SMILES string of the molecule is CC1c2cccc(c2)C(C)c2cc(c(OC(=O)c3ccccc3)cc2OC(=O)c2ccccc2)C(C)c2cccc(c2)C(C)c2cc1c(OC(=O)c1ccccc1)cc2OC(=O)c1ccccc1. The highest BCUT2D eigenvalue weighted by Crippen LogP contribution is 2.46. The molecule has 8 nitrogen and oxygen atoms in total. The van der Waals surface area contributed by atoms with Gasteiger partial charge in [-0.1, -0.05) is 149 Å². The molecule has 0 heterocycles. The molecule has 4 unspecified atom stereocenters. The van der Waals surface area contributed by atoms with E-state index in [0.29, 0.717) is 44.5 Å². The van der Waals surface area contributed by atoms with Crippen molar-refractivity contribution in [3.63, 3.8) is 0 Å². The van der Waals surface area contributed by atoms with Gasteiger partial charge in [-0.15, -0.1) is 0 Å². The van der Waals surface area contributed by atoms with E-state index >= 15 is 0 Å². The van der Waals surface area contributed by atoms with Gasteiger partial charge in [0, 0.05) is 58.1 Å². The average molecular weight is 897 g/mol. The minimum atomic E-state index is -0.558. The first kappa shape index (κ1) is 44.8. The molecule has 0 fully saturated rings. The van der Waals surface area contributed by atoms with Crippen molar-refractivity contribution in [3.05, 3.63) is 261 Å². The molecule has 336 valence electrons. The summed E-state index contributed by atoms with van der Waals surface area (Å²) < 4.78 is 25.1. The van der Waals surface area contributed by atoms with Crippen LogP contribution in [0.4, 0.5) is 0 Å².